The van der Waals surface area contributed by atoms with Crippen LogP contribution in [0.5, 0.6) is 0 Å². The lowest BCUT2D eigenvalue weighted by Gasteiger charge is -2.61. The van der Waals surface area contributed by atoms with Crippen molar-refractivity contribution < 1.29 is 28.9 Å². The highest BCUT2D eigenvalue weighted by atomic mass is 16.9. The average Bonchev–Trinajstić information content (AvgIpc) is 2.98. The summed E-state index contributed by atoms with van der Waals surface area (Å²) in [5, 5.41) is 11.5. The third-order valence-electron chi connectivity index (χ3n) is 9.30. The molecule has 1 aliphatic heterocycles. The molecule has 4 fully saturated rings. The highest BCUT2D eigenvalue weighted by Gasteiger charge is 2.71. The highest BCUT2D eigenvalue weighted by molar-refractivity contribution is 6.01. The molecule has 0 radical (unpaired) electrons. The molecule has 0 bridgehead atoms. The molecule has 4 aliphatic carbocycles. The molecule has 3 saturated carbocycles. The Hall–Kier alpha value is -1.34. The lowest BCUT2D eigenvalue weighted by atomic mass is 9.46. The molecule has 0 aromatic rings. The number of carbonyl (C=O) groups is 2. The van der Waals surface area contributed by atoms with Crippen LogP contribution in [0.4, 0.5) is 0 Å². The van der Waals surface area contributed by atoms with Crippen LogP contribution in [-0.4, -0.2) is 47.6 Å². The molecular formula is C25H34O6. The van der Waals surface area contributed by atoms with Crippen molar-refractivity contribution >= 4 is 11.6 Å². The van der Waals surface area contributed by atoms with Gasteiger partial charge in [-0.1, -0.05) is 25.5 Å². The Kier molecular flexibility index (Phi) is 4.74. The van der Waals surface area contributed by atoms with E-state index in [0.717, 1.165) is 24.8 Å². The van der Waals surface area contributed by atoms with Crippen LogP contribution in [-0.2, 0) is 23.8 Å². The van der Waals surface area contributed by atoms with Gasteiger partial charge >= 0.3 is 0 Å². The maximum absolute atomic E-state index is 13.3. The predicted molar refractivity (Wildman–Crippen MR) is 113 cm³/mol. The molecule has 5 aliphatic rings. The summed E-state index contributed by atoms with van der Waals surface area (Å²) in [5.74, 6) is -0.672. The van der Waals surface area contributed by atoms with Crippen molar-refractivity contribution in [2.75, 3.05) is 13.2 Å². The van der Waals surface area contributed by atoms with Gasteiger partial charge < -0.3 is 19.3 Å². The van der Waals surface area contributed by atoms with Gasteiger partial charge in [0.05, 0.1) is 6.10 Å². The lowest BCUT2D eigenvalue weighted by molar-refractivity contribution is -0.420. The second-order valence-corrected chi connectivity index (χ2v) is 10.7. The lowest BCUT2D eigenvalue weighted by Crippen LogP contribution is -2.67. The molecule has 31 heavy (non-hydrogen) atoms. The number of hydrogen-bond acceptors (Lipinski definition) is 6. The first kappa shape index (κ1) is 21.5. The molecular weight excluding hydrogens is 396 g/mol. The number of rotatable bonds is 2. The molecule has 5 rings (SSSR count). The quantitative estimate of drug-likeness (QED) is 0.724. The predicted octanol–water partition coefficient (Wildman–Crippen LogP) is 3.33. The van der Waals surface area contributed by atoms with Crippen molar-refractivity contribution in [3.8, 4) is 0 Å². The molecule has 8 atom stereocenters. The zero-order chi connectivity index (χ0) is 22.2. The average molecular weight is 431 g/mol. The fourth-order valence-electron chi connectivity index (χ4n) is 7.99. The summed E-state index contributed by atoms with van der Waals surface area (Å²) in [7, 11) is 0. The third kappa shape index (κ3) is 2.78. The van der Waals surface area contributed by atoms with E-state index in [1.54, 1.807) is 19.1 Å². The number of fused-ring (bicyclic) bond motifs is 6. The van der Waals surface area contributed by atoms with Crippen molar-refractivity contribution in [3.05, 3.63) is 23.8 Å². The third-order valence-corrected chi connectivity index (χ3v) is 9.30. The van der Waals surface area contributed by atoms with E-state index in [0.29, 0.717) is 19.4 Å². The monoisotopic (exact) mass is 430 g/mol. The first-order valence-electron chi connectivity index (χ1n) is 11.7. The molecule has 0 amide bonds. The van der Waals surface area contributed by atoms with Crippen LogP contribution in [0.15, 0.2) is 23.8 Å². The molecule has 1 N–H and O–H groups in total. The standard InChI is InChI=1S/C25H34O6/c1-5-29-24(4)30-14-20(28)25(31-24)11-9-18-17-7-6-15-12-16(26)8-10-22(15,2)21(17)19(27)13-23(18,25)3/h8,10,12,17-19,21,27H,5-7,9,11,13-14H2,1-4H3/t17?,18?,19?,21?,22?,23?,24?,25-/m0/s1. The van der Waals surface area contributed by atoms with Crippen molar-refractivity contribution in [1.82, 2.24) is 0 Å². The van der Waals surface area contributed by atoms with Gasteiger partial charge in [-0.25, -0.2) is 0 Å². The molecule has 1 spiro atoms. The molecule has 1 saturated heterocycles. The second-order valence-electron chi connectivity index (χ2n) is 10.7. The van der Waals surface area contributed by atoms with Gasteiger partial charge in [0.15, 0.2) is 11.6 Å². The number of aliphatic hydroxyl groups is 1. The summed E-state index contributed by atoms with van der Waals surface area (Å²) in [4.78, 5) is 25.3. The molecule has 0 aromatic heterocycles. The first-order valence-corrected chi connectivity index (χ1v) is 11.7. The molecule has 0 aromatic carbocycles. The van der Waals surface area contributed by atoms with Crippen molar-refractivity contribution in [1.29, 1.82) is 0 Å². The van der Waals surface area contributed by atoms with Gasteiger partial charge in [0, 0.05) is 30.3 Å². The second kappa shape index (κ2) is 6.83. The van der Waals surface area contributed by atoms with Gasteiger partial charge in [-0.15, -0.1) is 0 Å². The van der Waals surface area contributed by atoms with Crippen molar-refractivity contribution in [2.24, 2.45) is 28.6 Å². The Morgan fingerprint density at radius 1 is 1.23 bits per heavy atom. The molecule has 1 heterocycles. The molecule has 170 valence electrons. The van der Waals surface area contributed by atoms with E-state index in [-0.39, 0.29) is 41.3 Å². The SMILES string of the molecule is CCOC1(C)OCC(=O)[C@]2(CCC3C4CCC5=CC(=O)C=CC5(C)C4C(O)CC32C)O1. The minimum Gasteiger partial charge on any atom is -0.393 e. The van der Waals surface area contributed by atoms with Crippen LogP contribution in [0.3, 0.4) is 0 Å². The van der Waals surface area contributed by atoms with E-state index in [1.165, 1.54) is 0 Å². The van der Waals surface area contributed by atoms with E-state index >= 15 is 0 Å². The Balaban J connectivity index is 1.53. The minimum absolute atomic E-state index is 0.0293. The van der Waals surface area contributed by atoms with Crippen molar-refractivity contribution in [2.45, 2.75) is 77.5 Å². The fraction of sp³-hybridized carbons (Fsp3) is 0.760. The Morgan fingerprint density at radius 2 is 2.00 bits per heavy atom. The number of hydrogen-bond donors (Lipinski definition) is 1. The van der Waals surface area contributed by atoms with Crippen LogP contribution >= 0.6 is 0 Å². The molecule has 6 heteroatoms. The smallest absolute Gasteiger partial charge is 0.281 e. The van der Waals surface area contributed by atoms with Gasteiger partial charge in [-0.2, -0.15) is 0 Å². The topological polar surface area (TPSA) is 82.1 Å². The van der Waals surface area contributed by atoms with E-state index < -0.39 is 23.1 Å². The Bertz CT molecular complexity index is 877. The van der Waals surface area contributed by atoms with Gasteiger partial charge in [0.2, 0.25) is 0 Å². The number of ketones is 2. The van der Waals surface area contributed by atoms with Gasteiger partial charge in [-0.05, 0) is 63.0 Å². The summed E-state index contributed by atoms with van der Waals surface area (Å²) in [6.07, 6.45) is 8.65. The summed E-state index contributed by atoms with van der Waals surface area (Å²) in [6, 6.07) is 0. The van der Waals surface area contributed by atoms with Crippen LogP contribution in [0.2, 0.25) is 0 Å². The maximum Gasteiger partial charge on any atom is 0.281 e. The Labute approximate surface area is 184 Å². The number of ether oxygens (including phenoxy) is 3. The van der Waals surface area contributed by atoms with E-state index in [2.05, 4.69) is 13.8 Å². The van der Waals surface area contributed by atoms with Crippen molar-refractivity contribution in [3.63, 3.8) is 0 Å². The fourth-order valence-corrected chi connectivity index (χ4v) is 7.99. The van der Waals surface area contributed by atoms with Gasteiger partial charge in [0.1, 0.15) is 12.2 Å². The molecule has 7 unspecified atom stereocenters. The van der Waals surface area contributed by atoms with Crippen LogP contribution in [0, 0.1) is 28.6 Å². The summed E-state index contributed by atoms with van der Waals surface area (Å²) in [6.45, 7) is 8.31. The number of allylic oxidation sites excluding steroid dienone is 4. The normalized spacial score (nSPS) is 51.3. The number of Topliss-reactive ketones (excluding diaryl/α,β-unsaturated/α-hetero) is 1. The van der Waals surface area contributed by atoms with E-state index in [1.807, 2.05) is 13.0 Å². The van der Waals surface area contributed by atoms with Gasteiger partial charge in [0.25, 0.3) is 5.97 Å². The van der Waals surface area contributed by atoms with E-state index in [4.69, 9.17) is 14.2 Å². The summed E-state index contributed by atoms with van der Waals surface area (Å²) in [5.41, 5.74) is -0.660. The Morgan fingerprint density at radius 3 is 2.74 bits per heavy atom. The highest BCUT2D eigenvalue weighted by Crippen LogP contribution is 2.68. The summed E-state index contributed by atoms with van der Waals surface area (Å²) >= 11 is 0. The zero-order valence-corrected chi connectivity index (χ0v) is 19.0. The van der Waals surface area contributed by atoms with Crippen LogP contribution in [0.1, 0.15) is 59.8 Å². The zero-order valence-electron chi connectivity index (χ0n) is 19.0. The van der Waals surface area contributed by atoms with Crippen LogP contribution in [0.25, 0.3) is 0 Å². The summed E-state index contributed by atoms with van der Waals surface area (Å²) < 4.78 is 17.9. The largest absolute Gasteiger partial charge is 0.393 e. The van der Waals surface area contributed by atoms with Gasteiger partial charge in [-0.3, -0.25) is 9.59 Å². The minimum atomic E-state index is -1.25. The first-order chi connectivity index (χ1) is 14.6. The number of aliphatic hydroxyl groups excluding tert-OH is 1. The molecule has 6 nitrogen and oxygen atoms in total. The maximum atomic E-state index is 13.3. The van der Waals surface area contributed by atoms with Crippen LogP contribution < -0.4 is 0 Å². The van der Waals surface area contributed by atoms with E-state index in [9.17, 15) is 14.7 Å². The number of carbonyl (C=O) groups excluding carboxylic acids is 2.